The van der Waals surface area contributed by atoms with E-state index in [2.05, 4.69) is 65.4 Å². The summed E-state index contributed by atoms with van der Waals surface area (Å²) in [4.78, 5) is 5.51. The molecule has 1 spiro atoms. The molecule has 3 aliphatic rings. The van der Waals surface area contributed by atoms with Gasteiger partial charge in [-0.25, -0.2) is 0 Å². The molecule has 1 N–H and O–H groups in total. The Morgan fingerprint density at radius 2 is 1.71 bits per heavy atom. The van der Waals surface area contributed by atoms with Gasteiger partial charge in [0.1, 0.15) is 0 Å². The van der Waals surface area contributed by atoms with E-state index in [1.807, 2.05) is 6.07 Å². The standard InChI is InChI=1S/C30H43N3O2/c1-22(2)25-7-5-6-8-26(25)27-21-32(20-23-9-10-28(34-3)29(17-23)35-4)15-16-33(27)24-18-30(19-24)11-13-31-14-12-30/h5-10,17,22,24,27,31H,11-16,18-21H2,1-4H3. The van der Waals surface area contributed by atoms with Gasteiger partial charge in [0.2, 0.25) is 0 Å². The average Bonchev–Trinajstić information content (AvgIpc) is 2.87. The van der Waals surface area contributed by atoms with Crippen molar-refractivity contribution in [3.05, 3.63) is 59.2 Å². The van der Waals surface area contributed by atoms with Crippen molar-refractivity contribution in [1.29, 1.82) is 0 Å². The number of piperidine rings is 1. The van der Waals surface area contributed by atoms with Crippen LogP contribution < -0.4 is 14.8 Å². The Labute approximate surface area is 211 Å². The number of nitrogens with zero attached hydrogens (tertiary/aromatic N) is 2. The van der Waals surface area contributed by atoms with Crippen LogP contribution in [0, 0.1) is 5.41 Å². The van der Waals surface area contributed by atoms with Crippen molar-refractivity contribution < 1.29 is 9.47 Å². The van der Waals surface area contributed by atoms with Gasteiger partial charge < -0.3 is 14.8 Å². The molecule has 3 fully saturated rings. The highest BCUT2D eigenvalue weighted by atomic mass is 16.5. The molecule has 2 saturated heterocycles. The first kappa shape index (κ1) is 24.6. The summed E-state index contributed by atoms with van der Waals surface area (Å²) in [5.41, 5.74) is 4.93. The zero-order valence-electron chi connectivity index (χ0n) is 22.1. The highest BCUT2D eigenvalue weighted by molar-refractivity contribution is 5.43. The molecule has 0 radical (unpaired) electrons. The molecule has 2 aromatic carbocycles. The second-order valence-corrected chi connectivity index (χ2v) is 11.3. The fraction of sp³-hybridized carbons (Fsp3) is 0.600. The summed E-state index contributed by atoms with van der Waals surface area (Å²) in [7, 11) is 3.41. The molecule has 5 rings (SSSR count). The molecule has 190 valence electrons. The molecule has 0 bridgehead atoms. The third-order valence-corrected chi connectivity index (χ3v) is 8.81. The predicted molar refractivity (Wildman–Crippen MR) is 142 cm³/mol. The predicted octanol–water partition coefficient (Wildman–Crippen LogP) is 5.22. The van der Waals surface area contributed by atoms with Crippen LogP contribution in [0.2, 0.25) is 0 Å². The average molecular weight is 478 g/mol. The molecule has 5 nitrogen and oxygen atoms in total. The van der Waals surface area contributed by atoms with E-state index in [1.165, 1.54) is 55.5 Å². The smallest absolute Gasteiger partial charge is 0.161 e. The quantitative estimate of drug-likeness (QED) is 0.592. The van der Waals surface area contributed by atoms with Crippen LogP contribution in [0.25, 0.3) is 0 Å². The SMILES string of the molecule is COc1ccc(CN2CCN(C3CC4(CCNCC4)C3)C(c3ccccc3C(C)C)C2)cc1OC. The van der Waals surface area contributed by atoms with Gasteiger partial charge in [0, 0.05) is 38.3 Å². The highest BCUT2D eigenvalue weighted by Gasteiger charge is 2.49. The first-order valence-corrected chi connectivity index (χ1v) is 13.5. The third kappa shape index (κ3) is 5.09. The minimum absolute atomic E-state index is 0.451. The Morgan fingerprint density at radius 3 is 2.43 bits per heavy atom. The van der Waals surface area contributed by atoms with Gasteiger partial charge in [-0.2, -0.15) is 0 Å². The van der Waals surface area contributed by atoms with Crippen molar-refractivity contribution in [2.75, 3.05) is 46.9 Å². The number of nitrogens with one attached hydrogen (secondary N) is 1. The normalized spacial score (nSPS) is 23.4. The second kappa shape index (κ2) is 10.5. The summed E-state index contributed by atoms with van der Waals surface area (Å²) in [6.45, 7) is 11.3. The van der Waals surface area contributed by atoms with Crippen molar-refractivity contribution in [2.45, 2.75) is 64.1 Å². The lowest BCUT2D eigenvalue weighted by molar-refractivity contribution is -0.0650. The lowest BCUT2D eigenvalue weighted by Gasteiger charge is -2.57. The van der Waals surface area contributed by atoms with E-state index in [9.17, 15) is 0 Å². The molecule has 1 unspecified atom stereocenters. The molecular formula is C30H43N3O2. The molecule has 35 heavy (non-hydrogen) atoms. The van der Waals surface area contributed by atoms with Gasteiger partial charge in [0.05, 0.1) is 14.2 Å². The van der Waals surface area contributed by atoms with Gasteiger partial charge in [-0.05, 0) is 78.9 Å². The van der Waals surface area contributed by atoms with Gasteiger partial charge in [-0.15, -0.1) is 0 Å². The monoisotopic (exact) mass is 477 g/mol. The first-order chi connectivity index (χ1) is 17.0. The maximum Gasteiger partial charge on any atom is 0.161 e. The van der Waals surface area contributed by atoms with E-state index in [4.69, 9.17) is 9.47 Å². The molecule has 0 aromatic heterocycles. The van der Waals surface area contributed by atoms with Crippen molar-refractivity contribution in [3.63, 3.8) is 0 Å². The van der Waals surface area contributed by atoms with Crippen LogP contribution in [0.4, 0.5) is 0 Å². The molecule has 5 heteroatoms. The second-order valence-electron chi connectivity index (χ2n) is 11.3. The number of rotatable bonds is 7. The topological polar surface area (TPSA) is 37.0 Å². The molecule has 1 atom stereocenters. The van der Waals surface area contributed by atoms with Crippen LogP contribution in [-0.2, 0) is 6.54 Å². The minimum Gasteiger partial charge on any atom is -0.493 e. The Bertz CT molecular complexity index is 993. The summed E-state index contributed by atoms with van der Waals surface area (Å²) in [5, 5.41) is 3.56. The maximum absolute atomic E-state index is 5.57. The minimum atomic E-state index is 0.451. The van der Waals surface area contributed by atoms with Crippen LogP contribution in [-0.4, -0.2) is 62.8 Å². The van der Waals surface area contributed by atoms with Crippen LogP contribution in [0.15, 0.2) is 42.5 Å². The molecule has 2 heterocycles. The van der Waals surface area contributed by atoms with E-state index < -0.39 is 0 Å². The Kier molecular flexibility index (Phi) is 7.38. The number of ether oxygens (including phenoxy) is 2. The van der Waals surface area contributed by atoms with Gasteiger partial charge in [-0.1, -0.05) is 44.2 Å². The van der Waals surface area contributed by atoms with Crippen LogP contribution >= 0.6 is 0 Å². The number of hydrogen-bond acceptors (Lipinski definition) is 5. The summed E-state index contributed by atoms with van der Waals surface area (Å²) >= 11 is 0. The summed E-state index contributed by atoms with van der Waals surface area (Å²) in [5.74, 6) is 2.14. The number of methoxy groups -OCH3 is 2. The lowest BCUT2D eigenvalue weighted by atomic mass is 9.60. The number of piperazine rings is 1. The Balaban J connectivity index is 1.36. The largest absolute Gasteiger partial charge is 0.493 e. The van der Waals surface area contributed by atoms with Gasteiger partial charge in [0.15, 0.2) is 11.5 Å². The van der Waals surface area contributed by atoms with Gasteiger partial charge in [0.25, 0.3) is 0 Å². The van der Waals surface area contributed by atoms with Crippen molar-refractivity contribution in [1.82, 2.24) is 15.1 Å². The summed E-state index contributed by atoms with van der Waals surface area (Å²) in [6, 6.07) is 16.7. The molecule has 1 saturated carbocycles. The van der Waals surface area contributed by atoms with Gasteiger partial charge >= 0.3 is 0 Å². The maximum atomic E-state index is 5.57. The summed E-state index contributed by atoms with van der Waals surface area (Å²) < 4.78 is 11.0. The first-order valence-electron chi connectivity index (χ1n) is 13.5. The molecule has 2 aliphatic heterocycles. The molecule has 0 amide bonds. The summed E-state index contributed by atoms with van der Waals surface area (Å²) in [6.07, 6.45) is 5.47. The van der Waals surface area contributed by atoms with E-state index in [1.54, 1.807) is 14.2 Å². The molecule has 1 aliphatic carbocycles. The Morgan fingerprint density at radius 1 is 0.971 bits per heavy atom. The van der Waals surface area contributed by atoms with E-state index >= 15 is 0 Å². The van der Waals surface area contributed by atoms with Crippen molar-refractivity contribution in [2.24, 2.45) is 5.41 Å². The lowest BCUT2D eigenvalue weighted by Crippen LogP contribution is -2.59. The van der Waals surface area contributed by atoms with Crippen molar-refractivity contribution in [3.8, 4) is 11.5 Å². The van der Waals surface area contributed by atoms with Crippen LogP contribution in [0.1, 0.15) is 68.2 Å². The van der Waals surface area contributed by atoms with Crippen LogP contribution in [0.5, 0.6) is 11.5 Å². The molecular weight excluding hydrogens is 434 g/mol. The molecule has 2 aromatic rings. The van der Waals surface area contributed by atoms with E-state index in [-0.39, 0.29) is 0 Å². The zero-order chi connectivity index (χ0) is 24.4. The van der Waals surface area contributed by atoms with Gasteiger partial charge in [-0.3, -0.25) is 9.80 Å². The Hall–Kier alpha value is -2.08. The van der Waals surface area contributed by atoms with E-state index in [0.29, 0.717) is 17.4 Å². The van der Waals surface area contributed by atoms with E-state index in [0.717, 1.165) is 43.7 Å². The van der Waals surface area contributed by atoms with Crippen LogP contribution in [0.3, 0.4) is 0 Å². The fourth-order valence-electron chi connectivity index (χ4n) is 6.83. The number of benzene rings is 2. The highest BCUT2D eigenvalue weighted by Crippen LogP contribution is 2.52. The number of hydrogen-bond donors (Lipinski definition) is 1. The van der Waals surface area contributed by atoms with Crippen molar-refractivity contribution >= 4 is 0 Å². The zero-order valence-corrected chi connectivity index (χ0v) is 22.1. The fourth-order valence-corrected chi connectivity index (χ4v) is 6.83. The third-order valence-electron chi connectivity index (χ3n) is 8.81.